The molecule has 0 spiro atoms. The Bertz CT molecular complexity index is 492. The molecule has 1 heterocycles. The van der Waals surface area contributed by atoms with Crippen LogP contribution < -0.4 is 10.6 Å². The van der Waals surface area contributed by atoms with E-state index in [4.69, 9.17) is 23.8 Å². The van der Waals surface area contributed by atoms with Crippen molar-refractivity contribution in [1.82, 2.24) is 15.5 Å². The van der Waals surface area contributed by atoms with Gasteiger partial charge in [0, 0.05) is 25.2 Å². The van der Waals surface area contributed by atoms with Crippen LogP contribution in [0, 0.1) is 0 Å². The second kappa shape index (κ2) is 6.90. The molecule has 2 N–H and O–H groups in total. The van der Waals surface area contributed by atoms with Crippen molar-refractivity contribution in [2.45, 2.75) is 25.4 Å². The predicted molar refractivity (Wildman–Crippen MR) is 84.7 cm³/mol. The van der Waals surface area contributed by atoms with Crippen LogP contribution in [0.3, 0.4) is 0 Å². The molecule has 1 saturated heterocycles. The monoisotopic (exact) mass is 311 g/mol. The Kier molecular flexibility index (Phi) is 5.20. The quantitative estimate of drug-likeness (QED) is 0.837. The number of carbonyl (C=O) groups excluding carboxylic acids is 1. The van der Waals surface area contributed by atoms with Crippen LogP contribution in [-0.2, 0) is 11.3 Å². The van der Waals surface area contributed by atoms with E-state index in [0.29, 0.717) is 11.7 Å². The fraction of sp³-hybridized carbons (Fsp3) is 0.429. The fourth-order valence-electron chi connectivity index (χ4n) is 2.33. The number of likely N-dealkylation sites (tertiary alicyclic amines) is 1. The SMILES string of the molecule is CNC(=O)C1CCCN1C(=S)NCc1ccc(Cl)cc1. The lowest BCUT2D eigenvalue weighted by Crippen LogP contribution is -2.48. The van der Waals surface area contributed by atoms with Crippen molar-refractivity contribution < 1.29 is 4.79 Å². The maximum absolute atomic E-state index is 11.8. The number of carbonyl (C=O) groups is 1. The first-order valence-electron chi connectivity index (χ1n) is 6.62. The Morgan fingerprint density at radius 1 is 1.45 bits per heavy atom. The fourth-order valence-corrected chi connectivity index (χ4v) is 2.75. The molecule has 2 rings (SSSR count). The maximum Gasteiger partial charge on any atom is 0.242 e. The molecule has 1 aliphatic heterocycles. The molecule has 0 bridgehead atoms. The molecule has 20 heavy (non-hydrogen) atoms. The van der Waals surface area contributed by atoms with Gasteiger partial charge in [-0.2, -0.15) is 0 Å². The van der Waals surface area contributed by atoms with Crippen molar-refractivity contribution in [3.05, 3.63) is 34.9 Å². The van der Waals surface area contributed by atoms with Gasteiger partial charge in [-0.1, -0.05) is 23.7 Å². The molecular weight excluding hydrogens is 294 g/mol. The summed E-state index contributed by atoms with van der Waals surface area (Å²) in [6.45, 7) is 1.46. The van der Waals surface area contributed by atoms with Gasteiger partial charge >= 0.3 is 0 Å². The highest BCUT2D eigenvalue weighted by molar-refractivity contribution is 7.80. The minimum Gasteiger partial charge on any atom is -0.358 e. The largest absolute Gasteiger partial charge is 0.358 e. The van der Waals surface area contributed by atoms with Gasteiger partial charge in [-0.15, -0.1) is 0 Å². The average Bonchev–Trinajstić information content (AvgIpc) is 2.95. The molecule has 1 aliphatic rings. The van der Waals surface area contributed by atoms with Crippen LogP contribution in [0.1, 0.15) is 18.4 Å². The Labute approximate surface area is 129 Å². The second-order valence-electron chi connectivity index (χ2n) is 4.75. The number of likely N-dealkylation sites (N-methyl/N-ethyl adjacent to an activating group) is 1. The number of benzene rings is 1. The Morgan fingerprint density at radius 3 is 2.80 bits per heavy atom. The highest BCUT2D eigenvalue weighted by Gasteiger charge is 2.31. The van der Waals surface area contributed by atoms with Gasteiger partial charge in [-0.3, -0.25) is 4.79 Å². The van der Waals surface area contributed by atoms with Crippen LogP contribution in [0.5, 0.6) is 0 Å². The van der Waals surface area contributed by atoms with E-state index in [1.165, 1.54) is 0 Å². The average molecular weight is 312 g/mol. The van der Waals surface area contributed by atoms with Crippen molar-refractivity contribution in [2.24, 2.45) is 0 Å². The minimum atomic E-state index is -0.148. The van der Waals surface area contributed by atoms with Crippen molar-refractivity contribution in [1.29, 1.82) is 0 Å². The molecule has 1 aromatic rings. The van der Waals surface area contributed by atoms with Crippen LogP contribution >= 0.6 is 23.8 Å². The smallest absolute Gasteiger partial charge is 0.242 e. The molecular formula is C14H18ClN3OS. The summed E-state index contributed by atoms with van der Waals surface area (Å²) in [6, 6.07) is 7.47. The summed E-state index contributed by atoms with van der Waals surface area (Å²) in [4.78, 5) is 13.7. The molecule has 0 aromatic heterocycles. The van der Waals surface area contributed by atoms with Gasteiger partial charge in [0.05, 0.1) is 0 Å². The molecule has 4 nitrogen and oxygen atoms in total. The van der Waals surface area contributed by atoms with Crippen LogP contribution in [0.25, 0.3) is 0 Å². The third kappa shape index (κ3) is 3.61. The number of thiocarbonyl (C=S) groups is 1. The van der Waals surface area contributed by atoms with Crippen molar-refractivity contribution in [2.75, 3.05) is 13.6 Å². The van der Waals surface area contributed by atoms with Gasteiger partial charge in [-0.05, 0) is 42.8 Å². The van der Waals surface area contributed by atoms with Crippen molar-refractivity contribution in [3.63, 3.8) is 0 Å². The van der Waals surface area contributed by atoms with E-state index >= 15 is 0 Å². The molecule has 1 unspecified atom stereocenters. The zero-order valence-corrected chi connectivity index (χ0v) is 12.9. The minimum absolute atomic E-state index is 0.0261. The number of nitrogens with zero attached hydrogens (tertiary/aromatic N) is 1. The Balaban J connectivity index is 1.91. The van der Waals surface area contributed by atoms with E-state index in [2.05, 4.69) is 10.6 Å². The summed E-state index contributed by atoms with van der Waals surface area (Å²) in [5.74, 6) is 0.0261. The van der Waals surface area contributed by atoms with Crippen LogP contribution in [0.4, 0.5) is 0 Å². The number of hydrogen-bond acceptors (Lipinski definition) is 2. The highest BCUT2D eigenvalue weighted by atomic mass is 35.5. The molecule has 1 amide bonds. The third-order valence-electron chi connectivity index (χ3n) is 3.42. The molecule has 6 heteroatoms. The number of amides is 1. The lowest BCUT2D eigenvalue weighted by Gasteiger charge is -2.26. The number of halogens is 1. The summed E-state index contributed by atoms with van der Waals surface area (Å²) < 4.78 is 0. The highest BCUT2D eigenvalue weighted by Crippen LogP contribution is 2.17. The van der Waals surface area contributed by atoms with Gasteiger partial charge in [-0.25, -0.2) is 0 Å². The van der Waals surface area contributed by atoms with Crippen molar-refractivity contribution >= 4 is 34.8 Å². The summed E-state index contributed by atoms with van der Waals surface area (Å²) in [6.07, 6.45) is 1.84. The van der Waals surface area contributed by atoms with Gasteiger partial charge in [0.2, 0.25) is 5.91 Å². The van der Waals surface area contributed by atoms with Gasteiger partial charge in [0.25, 0.3) is 0 Å². The van der Waals surface area contributed by atoms with E-state index in [0.717, 1.165) is 30.0 Å². The standard InChI is InChI=1S/C14H18ClN3OS/c1-16-13(19)12-3-2-8-18(12)14(20)17-9-10-4-6-11(15)7-5-10/h4-7,12H,2-3,8-9H2,1H3,(H,16,19)(H,17,20). The lowest BCUT2D eigenvalue weighted by atomic mass is 10.2. The van der Waals surface area contributed by atoms with Crippen molar-refractivity contribution in [3.8, 4) is 0 Å². The third-order valence-corrected chi connectivity index (χ3v) is 4.05. The van der Waals surface area contributed by atoms with E-state index in [-0.39, 0.29) is 11.9 Å². The molecule has 1 atom stereocenters. The summed E-state index contributed by atoms with van der Waals surface area (Å²) in [5.41, 5.74) is 1.10. The molecule has 1 fully saturated rings. The molecule has 1 aromatic carbocycles. The molecule has 0 radical (unpaired) electrons. The Hall–Kier alpha value is -1.33. The normalized spacial score (nSPS) is 17.9. The lowest BCUT2D eigenvalue weighted by molar-refractivity contribution is -0.123. The topological polar surface area (TPSA) is 44.4 Å². The summed E-state index contributed by atoms with van der Waals surface area (Å²) >= 11 is 11.2. The molecule has 0 aliphatic carbocycles. The number of nitrogens with one attached hydrogen (secondary N) is 2. The zero-order chi connectivity index (χ0) is 14.5. The maximum atomic E-state index is 11.8. The first-order chi connectivity index (χ1) is 9.61. The summed E-state index contributed by atoms with van der Waals surface area (Å²) in [7, 11) is 1.66. The van der Waals surface area contributed by atoms with E-state index in [9.17, 15) is 4.79 Å². The number of rotatable bonds is 3. The van der Waals surface area contributed by atoms with E-state index in [1.54, 1.807) is 7.05 Å². The second-order valence-corrected chi connectivity index (χ2v) is 5.57. The summed E-state index contributed by atoms with van der Waals surface area (Å²) in [5, 5.41) is 7.24. The first kappa shape index (κ1) is 15.1. The van der Waals surface area contributed by atoms with Crippen LogP contribution in [0.2, 0.25) is 5.02 Å². The van der Waals surface area contributed by atoms with Crippen LogP contribution in [-0.4, -0.2) is 35.6 Å². The number of hydrogen-bond donors (Lipinski definition) is 2. The molecule has 108 valence electrons. The van der Waals surface area contributed by atoms with Gasteiger partial charge < -0.3 is 15.5 Å². The predicted octanol–water partition coefficient (Wildman–Crippen LogP) is 1.92. The van der Waals surface area contributed by atoms with Crippen LogP contribution in [0.15, 0.2) is 24.3 Å². The Morgan fingerprint density at radius 2 is 2.15 bits per heavy atom. The zero-order valence-electron chi connectivity index (χ0n) is 11.4. The van der Waals surface area contributed by atoms with Gasteiger partial charge in [0.15, 0.2) is 5.11 Å². The molecule has 0 saturated carbocycles. The van der Waals surface area contributed by atoms with E-state index in [1.807, 2.05) is 29.2 Å². The van der Waals surface area contributed by atoms with E-state index < -0.39 is 0 Å². The first-order valence-corrected chi connectivity index (χ1v) is 7.41. The van der Waals surface area contributed by atoms with Gasteiger partial charge in [0.1, 0.15) is 6.04 Å².